The van der Waals surface area contributed by atoms with Crippen LogP contribution in [0.2, 0.25) is 0 Å². The van der Waals surface area contributed by atoms with Crippen LogP contribution in [0.25, 0.3) is 0 Å². The molecule has 5 aliphatic rings. The third-order valence-electron chi connectivity index (χ3n) is 8.65. The zero-order valence-corrected chi connectivity index (χ0v) is 21.1. The summed E-state index contributed by atoms with van der Waals surface area (Å²) >= 11 is 1.70. The van der Waals surface area contributed by atoms with E-state index in [0.717, 1.165) is 19.3 Å². The van der Waals surface area contributed by atoms with Gasteiger partial charge in [0, 0.05) is 50.6 Å². The summed E-state index contributed by atoms with van der Waals surface area (Å²) in [7, 11) is 1.81. The molecule has 0 aromatic heterocycles. The van der Waals surface area contributed by atoms with Crippen molar-refractivity contribution in [2.24, 2.45) is 23.7 Å². The molecule has 34 heavy (non-hydrogen) atoms. The third-order valence-corrected chi connectivity index (χ3v) is 10.00. The van der Waals surface area contributed by atoms with E-state index in [1.807, 2.05) is 12.0 Å². The van der Waals surface area contributed by atoms with Crippen LogP contribution in [-0.2, 0) is 19.1 Å². The predicted octanol–water partition coefficient (Wildman–Crippen LogP) is 0.258. The van der Waals surface area contributed by atoms with Crippen LogP contribution in [0, 0.1) is 23.7 Å². The van der Waals surface area contributed by atoms with Crippen molar-refractivity contribution in [1.29, 1.82) is 0 Å². The minimum Gasteiger partial charge on any atom is -0.381 e. The van der Waals surface area contributed by atoms with E-state index in [-0.39, 0.29) is 46.5 Å². The molecular formula is C24H39N5O4S. The Kier molecular flexibility index (Phi) is 7.39. The molecule has 190 valence electrons. The minimum absolute atomic E-state index is 0.0567. The van der Waals surface area contributed by atoms with Crippen LogP contribution in [0.3, 0.4) is 0 Å². The summed E-state index contributed by atoms with van der Waals surface area (Å²) in [5.74, 6) is 0.0922. The SMILES string of the molecule is COC1CCCCC1C1CC(C)NCC1C(=O)NC1NC2CN(C(=O)C3CCNC3=O)CC2S1. The fourth-order valence-electron chi connectivity index (χ4n) is 6.83. The van der Waals surface area contributed by atoms with Gasteiger partial charge >= 0.3 is 0 Å². The van der Waals surface area contributed by atoms with Crippen molar-refractivity contribution < 1.29 is 19.1 Å². The highest BCUT2D eigenvalue weighted by Gasteiger charge is 2.47. The Hall–Kier alpha value is -1.36. The smallest absolute Gasteiger partial charge is 0.235 e. The van der Waals surface area contributed by atoms with E-state index in [0.29, 0.717) is 50.5 Å². The van der Waals surface area contributed by atoms with E-state index in [9.17, 15) is 14.4 Å². The van der Waals surface area contributed by atoms with Crippen molar-refractivity contribution in [3.63, 3.8) is 0 Å². The lowest BCUT2D eigenvalue weighted by Gasteiger charge is -2.44. The molecule has 1 saturated carbocycles. The lowest BCUT2D eigenvalue weighted by atomic mass is 9.68. The number of hydrogen-bond acceptors (Lipinski definition) is 7. The fraction of sp³-hybridized carbons (Fsp3) is 0.875. The standard InChI is InChI=1S/C24H39N5O4S/c1-13-9-16(14-5-3-4-6-19(14)33-2)17(10-26-13)22(31)28-24-27-18-11-29(12-20(18)34-24)23(32)15-7-8-25-21(15)30/h13-20,24,26-27H,3-12H2,1-2H3,(H,25,30)(H,28,31). The number of carbonyl (C=O) groups is 3. The summed E-state index contributed by atoms with van der Waals surface area (Å²) in [5.41, 5.74) is -0.140. The zero-order chi connectivity index (χ0) is 23.8. The maximum atomic E-state index is 13.5. The second kappa shape index (κ2) is 10.3. The second-order valence-electron chi connectivity index (χ2n) is 10.7. The molecule has 0 radical (unpaired) electrons. The first-order chi connectivity index (χ1) is 16.4. The molecule has 9 atom stereocenters. The maximum absolute atomic E-state index is 13.5. The van der Waals surface area contributed by atoms with Crippen molar-refractivity contribution in [1.82, 2.24) is 26.2 Å². The Morgan fingerprint density at radius 1 is 1.15 bits per heavy atom. The first-order valence-electron chi connectivity index (χ1n) is 13.0. The summed E-state index contributed by atoms with van der Waals surface area (Å²) in [4.78, 5) is 39.9. The van der Waals surface area contributed by atoms with Gasteiger partial charge in [-0.25, -0.2) is 0 Å². The highest BCUT2D eigenvalue weighted by Crippen LogP contribution is 2.40. The number of amides is 3. The van der Waals surface area contributed by atoms with E-state index in [1.54, 1.807) is 11.8 Å². The van der Waals surface area contributed by atoms with Crippen LogP contribution >= 0.6 is 11.8 Å². The third kappa shape index (κ3) is 4.83. The van der Waals surface area contributed by atoms with Gasteiger partial charge in [-0.05, 0) is 44.4 Å². The fourth-order valence-corrected chi connectivity index (χ4v) is 8.23. The van der Waals surface area contributed by atoms with E-state index < -0.39 is 5.92 Å². The number of likely N-dealkylation sites (tertiary alicyclic amines) is 1. The molecule has 1 aliphatic carbocycles. The molecule has 4 saturated heterocycles. The van der Waals surface area contributed by atoms with Crippen molar-refractivity contribution in [2.75, 3.05) is 33.3 Å². The molecule has 0 aromatic rings. The predicted molar refractivity (Wildman–Crippen MR) is 130 cm³/mol. The molecular weight excluding hydrogens is 454 g/mol. The summed E-state index contributed by atoms with van der Waals surface area (Å²) in [6.45, 7) is 4.72. The molecule has 9 nitrogen and oxygen atoms in total. The number of nitrogens with zero attached hydrogens (tertiary/aromatic N) is 1. The number of fused-ring (bicyclic) bond motifs is 1. The molecule has 0 aromatic carbocycles. The Labute approximate surface area is 206 Å². The zero-order valence-electron chi connectivity index (χ0n) is 20.3. The molecule has 0 bridgehead atoms. The second-order valence-corrected chi connectivity index (χ2v) is 12.1. The van der Waals surface area contributed by atoms with Crippen LogP contribution in [0.5, 0.6) is 0 Å². The number of rotatable bonds is 5. The molecule has 5 fully saturated rings. The minimum atomic E-state index is -0.534. The van der Waals surface area contributed by atoms with Gasteiger partial charge in [0.25, 0.3) is 0 Å². The van der Waals surface area contributed by atoms with Crippen molar-refractivity contribution in [3.8, 4) is 0 Å². The molecule has 4 heterocycles. The summed E-state index contributed by atoms with van der Waals surface area (Å²) in [6.07, 6.45) is 6.51. The first-order valence-corrected chi connectivity index (χ1v) is 13.9. The Morgan fingerprint density at radius 3 is 2.71 bits per heavy atom. The number of hydrogen-bond donors (Lipinski definition) is 4. The molecule has 0 spiro atoms. The Bertz CT molecular complexity index is 785. The Balaban J connectivity index is 1.16. The lowest BCUT2D eigenvalue weighted by Crippen LogP contribution is -2.55. The normalized spacial score (nSPS) is 42.4. The number of methoxy groups -OCH3 is 1. The number of piperidine rings is 1. The maximum Gasteiger partial charge on any atom is 0.235 e. The van der Waals surface area contributed by atoms with Gasteiger partial charge in [-0.3, -0.25) is 19.7 Å². The molecule has 5 rings (SSSR count). The highest BCUT2D eigenvalue weighted by molar-refractivity contribution is 8.00. The molecule has 4 N–H and O–H groups in total. The average Bonchev–Trinajstić information content (AvgIpc) is 3.53. The van der Waals surface area contributed by atoms with Gasteiger partial charge in [-0.1, -0.05) is 12.8 Å². The van der Waals surface area contributed by atoms with E-state index in [4.69, 9.17) is 4.74 Å². The average molecular weight is 494 g/mol. The van der Waals surface area contributed by atoms with Gasteiger partial charge in [0.1, 0.15) is 11.4 Å². The van der Waals surface area contributed by atoms with E-state index >= 15 is 0 Å². The summed E-state index contributed by atoms with van der Waals surface area (Å²) < 4.78 is 5.85. The van der Waals surface area contributed by atoms with Gasteiger partial charge in [-0.15, -0.1) is 11.8 Å². The largest absolute Gasteiger partial charge is 0.381 e. The number of nitrogens with one attached hydrogen (secondary N) is 4. The van der Waals surface area contributed by atoms with Crippen LogP contribution in [-0.4, -0.2) is 84.8 Å². The van der Waals surface area contributed by atoms with E-state index in [2.05, 4.69) is 28.2 Å². The molecule has 9 unspecified atom stereocenters. The van der Waals surface area contributed by atoms with Crippen LogP contribution in [0.1, 0.15) is 45.4 Å². The highest BCUT2D eigenvalue weighted by atomic mass is 32.2. The van der Waals surface area contributed by atoms with Gasteiger partial charge < -0.3 is 25.6 Å². The van der Waals surface area contributed by atoms with Crippen molar-refractivity contribution in [2.45, 2.75) is 74.4 Å². The number of carbonyl (C=O) groups excluding carboxylic acids is 3. The van der Waals surface area contributed by atoms with E-state index in [1.165, 1.54) is 12.8 Å². The number of thioether (sulfide) groups is 1. The van der Waals surface area contributed by atoms with Crippen molar-refractivity contribution >= 4 is 29.5 Å². The van der Waals surface area contributed by atoms with Gasteiger partial charge in [0.2, 0.25) is 17.7 Å². The van der Waals surface area contributed by atoms with Gasteiger partial charge in [0.15, 0.2) is 0 Å². The first kappa shape index (κ1) is 24.3. The van der Waals surface area contributed by atoms with Crippen LogP contribution in [0.4, 0.5) is 0 Å². The number of ether oxygens (including phenoxy) is 1. The summed E-state index contributed by atoms with van der Waals surface area (Å²) in [5, 5.41) is 13.3. The monoisotopic (exact) mass is 493 g/mol. The molecule has 4 aliphatic heterocycles. The summed E-state index contributed by atoms with van der Waals surface area (Å²) in [6, 6.07) is 0.553. The molecule has 3 amide bonds. The van der Waals surface area contributed by atoms with Gasteiger partial charge in [-0.2, -0.15) is 0 Å². The Morgan fingerprint density at radius 2 is 1.97 bits per heavy atom. The topological polar surface area (TPSA) is 112 Å². The van der Waals surface area contributed by atoms with Gasteiger partial charge in [0.05, 0.1) is 12.0 Å². The van der Waals surface area contributed by atoms with Crippen molar-refractivity contribution in [3.05, 3.63) is 0 Å². The molecule has 10 heteroatoms. The van der Waals surface area contributed by atoms with Crippen LogP contribution < -0.4 is 21.3 Å². The quantitative estimate of drug-likeness (QED) is 0.407. The lowest BCUT2D eigenvalue weighted by molar-refractivity contribution is -0.139. The van der Waals surface area contributed by atoms with Crippen LogP contribution in [0.15, 0.2) is 0 Å².